The van der Waals surface area contributed by atoms with Crippen molar-refractivity contribution in [3.8, 4) is 0 Å². The smallest absolute Gasteiger partial charge is 0.290 e. The number of halogens is 1. The fourth-order valence-electron chi connectivity index (χ4n) is 4.12. The van der Waals surface area contributed by atoms with Gasteiger partial charge >= 0.3 is 0 Å². The summed E-state index contributed by atoms with van der Waals surface area (Å²) in [6, 6.07) is 10.5. The first-order valence-corrected chi connectivity index (χ1v) is 9.93. The second kappa shape index (κ2) is 7.65. The standard InChI is InChI=1S/C23H22ClNO4/c1-13-11-14(2)18-17(12-13)29-22-19(21(18)26)20(15-5-7-16(24)8-6-15)25(23(22)27)9-4-10-28-3/h5-8,11-12,20H,4,9-10H2,1-3H3. The van der Waals surface area contributed by atoms with Gasteiger partial charge in [0.1, 0.15) is 5.58 Å². The highest BCUT2D eigenvalue weighted by atomic mass is 35.5. The maximum Gasteiger partial charge on any atom is 0.290 e. The Morgan fingerprint density at radius 1 is 1.14 bits per heavy atom. The van der Waals surface area contributed by atoms with Gasteiger partial charge in [-0.05, 0) is 55.2 Å². The molecule has 1 atom stereocenters. The van der Waals surface area contributed by atoms with Crippen LogP contribution >= 0.6 is 11.6 Å². The van der Waals surface area contributed by atoms with Gasteiger partial charge in [-0.15, -0.1) is 0 Å². The van der Waals surface area contributed by atoms with E-state index in [0.717, 1.165) is 16.7 Å². The van der Waals surface area contributed by atoms with Crippen molar-refractivity contribution in [1.29, 1.82) is 0 Å². The maximum absolute atomic E-state index is 13.5. The van der Waals surface area contributed by atoms with Gasteiger partial charge in [-0.3, -0.25) is 9.59 Å². The Morgan fingerprint density at radius 3 is 2.55 bits per heavy atom. The first kappa shape index (κ1) is 19.7. The van der Waals surface area contributed by atoms with Gasteiger partial charge in [-0.25, -0.2) is 0 Å². The Balaban J connectivity index is 1.95. The summed E-state index contributed by atoms with van der Waals surface area (Å²) in [4.78, 5) is 28.5. The quantitative estimate of drug-likeness (QED) is 0.573. The lowest BCUT2D eigenvalue weighted by Gasteiger charge is -2.25. The number of hydrogen-bond donors (Lipinski definition) is 0. The summed E-state index contributed by atoms with van der Waals surface area (Å²) in [6.45, 7) is 4.81. The van der Waals surface area contributed by atoms with E-state index in [4.69, 9.17) is 20.8 Å². The van der Waals surface area contributed by atoms with E-state index >= 15 is 0 Å². The van der Waals surface area contributed by atoms with E-state index < -0.39 is 6.04 Å². The summed E-state index contributed by atoms with van der Waals surface area (Å²) in [5.74, 6) is -0.140. The molecule has 29 heavy (non-hydrogen) atoms. The first-order valence-electron chi connectivity index (χ1n) is 9.55. The molecule has 1 amide bonds. The van der Waals surface area contributed by atoms with E-state index in [1.807, 2.05) is 38.1 Å². The molecule has 150 valence electrons. The van der Waals surface area contributed by atoms with Crippen LogP contribution in [0, 0.1) is 13.8 Å². The van der Waals surface area contributed by atoms with Crippen LogP contribution in [0.15, 0.2) is 45.6 Å². The van der Waals surface area contributed by atoms with Crippen LogP contribution in [-0.4, -0.2) is 31.1 Å². The summed E-state index contributed by atoms with van der Waals surface area (Å²) < 4.78 is 11.2. The topological polar surface area (TPSA) is 59.8 Å². The number of carbonyl (C=O) groups is 1. The monoisotopic (exact) mass is 411 g/mol. The highest BCUT2D eigenvalue weighted by molar-refractivity contribution is 6.30. The Hall–Kier alpha value is -2.63. The molecule has 1 aliphatic rings. The SMILES string of the molecule is COCCCN1C(=O)c2oc3cc(C)cc(C)c3c(=O)c2C1c1ccc(Cl)cc1. The molecule has 1 aromatic heterocycles. The summed E-state index contributed by atoms with van der Waals surface area (Å²) in [6.07, 6.45) is 0.659. The fraction of sp³-hybridized carbons (Fsp3) is 0.304. The van der Waals surface area contributed by atoms with Crippen molar-refractivity contribution in [3.63, 3.8) is 0 Å². The number of benzene rings is 2. The van der Waals surface area contributed by atoms with Crippen molar-refractivity contribution in [2.45, 2.75) is 26.3 Å². The number of ether oxygens (including phenoxy) is 1. The number of methoxy groups -OCH3 is 1. The van der Waals surface area contributed by atoms with Gasteiger partial charge in [0, 0.05) is 25.3 Å². The minimum Gasteiger partial charge on any atom is -0.450 e. The van der Waals surface area contributed by atoms with E-state index in [-0.39, 0.29) is 17.1 Å². The van der Waals surface area contributed by atoms with Crippen LogP contribution in [0.2, 0.25) is 5.02 Å². The molecular formula is C23H22ClNO4. The van der Waals surface area contributed by atoms with Gasteiger partial charge in [0.15, 0.2) is 5.43 Å². The third-order valence-electron chi connectivity index (χ3n) is 5.35. The lowest BCUT2D eigenvalue weighted by molar-refractivity contribution is 0.0708. The first-order chi connectivity index (χ1) is 13.9. The fourth-order valence-corrected chi connectivity index (χ4v) is 4.24. The van der Waals surface area contributed by atoms with Gasteiger partial charge in [-0.1, -0.05) is 29.8 Å². The third kappa shape index (κ3) is 3.34. The Morgan fingerprint density at radius 2 is 1.86 bits per heavy atom. The Kier molecular flexibility index (Phi) is 5.19. The number of fused-ring (bicyclic) bond motifs is 2. The summed E-state index contributed by atoms with van der Waals surface area (Å²) in [5.41, 5.74) is 3.35. The van der Waals surface area contributed by atoms with Crippen LogP contribution in [0.1, 0.15) is 45.3 Å². The predicted molar refractivity (Wildman–Crippen MR) is 113 cm³/mol. The van der Waals surface area contributed by atoms with Crippen molar-refractivity contribution in [1.82, 2.24) is 4.90 Å². The summed E-state index contributed by atoms with van der Waals surface area (Å²) in [5, 5.41) is 1.13. The molecule has 0 bridgehead atoms. The van der Waals surface area contributed by atoms with Gasteiger partial charge < -0.3 is 14.1 Å². The summed E-state index contributed by atoms with van der Waals surface area (Å²) in [7, 11) is 1.63. The molecule has 0 radical (unpaired) electrons. The van der Waals surface area contributed by atoms with Crippen LogP contribution in [0.5, 0.6) is 0 Å². The molecule has 6 heteroatoms. The van der Waals surface area contributed by atoms with E-state index in [9.17, 15) is 9.59 Å². The molecule has 3 aromatic rings. The normalized spacial score (nSPS) is 15.9. The number of nitrogens with zero attached hydrogens (tertiary/aromatic N) is 1. The molecule has 2 aromatic carbocycles. The van der Waals surface area contributed by atoms with Crippen molar-refractivity contribution >= 4 is 28.5 Å². The molecule has 1 unspecified atom stereocenters. The lowest BCUT2D eigenvalue weighted by atomic mass is 9.97. The second-order valence-electron chi connectivity index (χ2n) is 7.43. The molecule has 0 N–H and O–H groups in total. The minimum atomic E-state index is -0.507. The van der Waals surface area contributed by atoms with Crippen molar-refractivity contribution in [2.24, 2.45) is 0 Å². The van der Waals surface area contributed by atoms with Gasteiger partial charge in [-0.2, -0.15) is 0 Å². The van der Waals surface area contributed by atoms with Gasteiger partial charge in [0.05, 0.1) is 17.0 Å². The third-order valence-corrected chi connectivity index (χ3v) is 5.60. The molecule has 5 nitrogen and oxygen atoms in total. The number of aryl methyl sites for hydroxylation is 2. The molecule has 2 heterocycles. The largest absolute Gasteiger partial charge is 0.450 e. The predicted octanol–water partition coefficient (Wildman–Crippen LogP) is 4.64. The molecule has 0 saturated heterocycles. The van der Waals surface area contributed by atoms with Crippen LogP contribution < -0.4 is 5.43 Å². The molecule has 4 rings (SSSR count). The van der Waals surface area contributed by atoms with E-state index in [2.05, 4.69) is 0 Å². The van der Waals surface area contributed by atoms with Crippen molar-refractivity contribution < 1.29 is 13.9 Å². The lowest BCUT2D eigenvalue weighted by Crippen LogP contribution is -2.31. The maximum atomic E-state index is 13.5. The van der Waals surface area contributed by atoms with Gasteiger partial charge in [0.25, 0.3) is 5.91 Å². The van der Waals surface area contributed by atoms with Crippen molar-refractivity contribution in [2.75, 3.05) is 20.3 Å². The summed E-state index contributed by atoms with van der Waals surface area (Å²) >= 11 is 6.05. The van der Waals surface area contributed by atoms with Crippen LogP contribution in [0.3, 0.4) is 0 Å². The highest BCUT2D eigenvalue weighted by Gasteiger charge is 2.42. The Labute approximate surface area is 173 Å². The second-order valence-corrected chi connectivity index (χ2v) is 7.86. The average molecular weight is 412 g/mol. The number of rotatable bonds is 5. The van der Waals surface area contributed by atoms with Crippen LogP contribution in [0.4, 0.5) is 0 Å². The molecule has 0 fully saturated rings. The average Bonchev–Trinajstić information content (AvgIpc) is 2.95. The zero-order chi connectivity index (χ0) is 20.7. The highest BCUT2D eigenvalue weighted by Crippen LogP contribution is 2.39. The molecule has 0 aliphatic carbocycles. The zero-order valence-electron chi connectivity index (χ0n) is 16.6. The number of carbonyl (C=O) groups excluding carboxylic acids is 1. The van der Waals surface area contributed by atoms with Crippen LogP contribution in [-0.2, 0) is 4.74 Å². The molecule has 1 aliphatic heterocycles. The van der Waals surface area contributed by atoms with E-state index in [0.29, 0.717) is 41.1 Å². The molecule has 0 saturated carbocycles. The molecule has 0 spiro atoms. The van der Waals surface area contributed by atoms with E-state index in [1.54, 1.807) is 24.1 Å². The van der Waals surface area contributed by atoms with Crippen molar-refractivity contribution in [3.05, 3.63) is 79.7 Å². The minimum absolute atomic E-state index is 0.130. The number of hydrogen-bond acceptors (Lipinski definition) is 4. The van der Waals surface area contributed by atoms with E-state index in [1.165, 1.54) is 0 Å². The van der Waals surface area contributed by atoms with Crippen LogP contribution in [0.25, 0.3) is 11.0 Å². The zero-order valence-corrected chi connectivity index (χ0v) is 17.4. The van der Waals surface area contributed by atoms with Gasteiger partial charge in [0.2, 0.25) is 5.76 Å². The Bertz CT molecular complexity index is 1150. The molecular weight excluding hydrogens is 390 g/mol. The number of amides is 1.